The SMILES string of the molecule is COc1ccccc1C1CCc2cc(F)c(Br)cc2N1C(=O)OCc1ccccc1. The molecule has 3 aromatic carbocycles. The molecule has 30 heavy (non-hydrogen) atoms. The average molecular weight is 470 g/mol. The number of hydrogen-bond acceptors (Lipinski definition) is 3. The van der Waals surface area contributed by atoms with E-state index in [4.69, 9.17) is 9.47 Å². The minimum atomic E-state index is -0.478. The molecule has 0 aliphatic carbocycles. The Labute approximate surface area is 183 Å². The number of amides is 1. The Bertz CT molecular complexity index is 1060. The number of rotatable bonds is 4. The second-order valence-electron chi connectivity index (χ2n) is 7.10. The molecule has 0 N–H and O–H groups in total. The van der Waals surface area contributed by atoms with E-state index in [9.17, 15) is 9.18 Å². The Morgan fingerprint density at radius 2 is 1.87 bits per heavy atom. The van der Waals surface area contributed by atoms with Crippen LogP contribution in [0.1, 0.15) is 29.2 Å². The van der Waals surface area contributed by atoms with Crippen molar-refractivity contribution in [1.82, 2.24) is 0 Å². The molecule has 0 saturated heterocycles. The molecule has 1 atom stereocenters. The van der Waals surface area contributed by atoms with Crippen LogP contribution in [0.4, 0.5) is 14.9 Å². The molecule has 0 saturated carbocycles. The molecule has 1 aliphatic rings. The third-order valence-electron chi connectivity index (χ3n) is 5.28. The fourth-order valence-corrected chi connectivity index (χ4v) is 4.17. The average Bonchev–Trinajstić information content (AvgIpc) is 2.78. The number of fused-ring (bicyclic) bond motifs is 1. The molecular formula is C24H21BrFNO3. The van der Waals surface area contributed by atoms with Crippen LogP contribution in [0.15, 0.2) is 71.2 Å². The summed E-state index contributed by atoms with van der Waals surface area (Å²) in [5.41, 5.74) is 3.21. The molecule has 154 valence electrons. The lowest BCUT2D eigenvalue weighted by Gasteiger charge is -2.37. The maximum Gasteiger partial charge on any atom is 0.415 e. The Morgan fingerprint density at radius 3 is 2.63 bits per heavy atom. The van der Waals surface area contributed by atoms with Gasteiger partial charge >= 0.3 is 6.09 Å². The summed E-state index contributed by atoms with van der Waals surface area (Å²) in [7, 11) is 1.61. The maximum absolute atomic E-state index is 14.1. The molecule has 0 fully saturated rings. The van der Waals surface area contributed by atoms with Gasteiger partial charge in [-0.25, -0.2) is 9.18 Å². The van der Waals surface area contributed by atoms with Crippen molar-refractivity contribution in [2.45, 2.75) is 25.5 Å². The smallest absolute Gasteiger partial charge is 0.415 e. The molecule has 1 unspecified atom stereocenters. The van der Waals surface area contributed by atoms with Crippen LogP contribution in [0.2, 0.25) is 0 Å². The van der Waals surface area contributed by atoms with E-state index < -0.39 is 6.09 Å². The number of methoxy groups -OCH3 is 1. The highest BCUT2D eigenvalue weighted by Gasteiger charge is 2.35. The normalized spacial score (nSPS) is 15.4. The number of anilines is 1. The van der Waals surface area contributed by atoms with Crippen LogP contribution < -0.4 is 9.64 Å². The Balaban J connectivity index is 1.72. The van der Waals surface area contributed by atoms with Crippen LogP contribution >= 0.6 is 15.9 Å². The van der Waals surface area contributed by atoms with E-state index in [1.807, 2.05) is 54.6 Å². The molecule has 1 aliphatic heterocycles. The van der Waals surface area contributed by atoms with Crippen molar-refractivity contribution in [3.8, 4) is 5.75 Å². The quantitative estimate of drug-likeness (QED) is 0.441. The van der Waals surface area contributed by atoms with Gasteiger partial charge in [0.2, 0.25) is 0 Å². The van der Waals surface area contributed by atoms with Gasteiger partial charge in [0.25, 0.3) is 0 Å². The molecule has 0 radical (unpaired) electrons. The molecular weight excluding hydrogens is 449 g/mol. The molecule has 0 spiro atoms. The van der Waals surface area contributed by atoms with Gasteiger partial charge < -0.3 is 9.47 Å². The number of nitrogens with zero attached hydrogens (tertiary/aromatic N) is 1. The molecule has 1 amide bonds. The van der Waals surface area contributed by atoms with E-state index >= 15 is 0 Å². The highest BCUT2D eigenvalue weighted by molar-refractivity contribution is 9.10. The fourth-order valence-electron chi connectivity index (χ4n) is 3.84. The van der Waals surface area contributed by atoms with Gasteiger partial charge in [0.1, 0.15) is 18.2 Å². The minimum Gasteiger partial charge on any atom is -0.496 e. The Kier molecular flexibility index (Phi) is 6.04. The summed E-state index contributed by atoms with van der Waals surface area (Å²) >= 11 is 3.25. The lowest BCUT2D eigenvalue weighted by molar-refractivity contribution is 0.143. The second-order valence-corrected chi connectivity index (χ2v) is 7.96. The first kappa shape index (κ1) is 20.4. The van der Waals surface area contributed by atoms with E-state index in [0.717, 1.165) is 16.7 Å². The van der Waals surface area contributed by atoms with E-state index in [1.54, 1.807) is 18.1 Å². The molecule has 4 rings (SSSR count). The van der Waals surface area contributed by atoms with Crippen molar-refractivity contribution in [1.29, 1.82) is 0 Å². The van der Waals surface area contributed by atoms with Crippen LogP contribution in [-0.2, 0) is 17.8 Å². The van der Waals surface area contributed by atoms with Crippen LogP contribution in [0.25, 0.3) is 0 Å². The van der Waals surface area contributed by atoms with Gasteiger partial charge in [-0.3, -0.25) is 4.90 Å². The monoisotopic (exact) mass is 469 g/mol. The van der Waals surface area contributed by atoms with E-state index in [0.29, 0.717) is 28.8 Å². The summed E-state index contributed by atoms with van der Waals surface area (Å²) in [5.74, 6) is 0.357. The van der Waals surface area contributed by atoms with Gasteiger partial charge in [0.15, 0.2) is 0 Å². The number of aryl methyl sites for hydroxylation is 1. The van der Waals surface area contributed by atoms with Gasteiger partial charge in [0.05, 0.1) is 23.3 Å². The number of hydrogen-bond donors (Lipinski definition) is 0. The van der Waals surface area contributed by atoms with Crippen molar-refractivity contribution in [2.75, 3.05) is 12.0 Å². The summed E-state index contributed by atoms with van der Waals surface area (Å²) < 4.78 is 25.6. The summed E-state index contributed by atoms with van der Waals surface area (Å²) in [6.07, 6.45) is 0.800. The summed E-state index contributed by atoms with van der Waals surface area (Å²) in [6, 6.07) is 20.0. The van der Waals surface area contributed by atoms with E-state index in [-0.39, 0.29) is 18.5 Å². The van der Waals surface area contributed by atoms with Crippen LogP contribution in [0.5, 0.6) is 5.75 Å². The van der Waals surface area contributed by atoms with E-state index in [2.05, 4.69) is 15.9 Å². The van der Waals surface area contributed by atoms with Crippen LogP contribution in [0, 0.1) is 5.82 Å². The number of para-hydroxylation sites is 1. The fraction of sp³-hybridized carbons (Fsp3) is 0.208. The molecule has 0 bridgehead atoms. The number of halogens is 2. The highest BCUT2D eigenvalue weighted by Crippen LogP contribution is 2.43. The number of ether oxygens (including phenoxy) is 2. The minimum absolute atomic E-state index is 0.159. The second kappa shape index (κ2) is 8.88. The predicted molar refractivity (Wildman–Crippen MR) is 117 cm³/mol. The maximum atomic E-state index is 14.1. The molecule has 3 aromatic rings. The lowest BCUT2D eigenvalue weighted by Crippen LogP contribution is -2.39. The highest BCUT2D eigenvalue weighted by atomic mass is 79.9. The van der Waals surface area contributed by atoms with Crippen molar-refractivity contribution in [3.05, 3.63) is 93.7 Å². The van der Waals surface area contributed by atoms with Crippen molar-refractivity contribution < 1.29 is 18.7 Å². The first-order chi connectivity index (χ1) is 14.6. The first-order valence-electron chi connectivity index (χ1n) is 9.69. The van der Waals surface area contributed by atoms with Crippen molar-refractivity contribution in [2.24, 2.45) is 0 Å². The van der Waals surface area contributed by atoms with Gasteiger partial charge in [0, 0.05) is 5.56 Å². The largest absolute Gasteiger partial charge is 0.496 e. The van der Waals surface area contributed by atoms with Gasteiger partial charge in [-0.15, -0.1) is 0 Å². The van der Waals surface area contributed by atoms with Crippen molar-refractivity contribution >= 4 is 27.7 Å². The molecule has 0 aromatic heterocycles. The van der Waals surface area contributed by atoms with Gasteiger partial charge in [-0.1, -0.05) is 48.5 Å². The number of carbonyl (C=O) groups excluding carboxylic acids is 1. The number of benzene rings is 3. The Morgan fingerprint density at radius 1 is 1.13 bits per heavy atom. The van der Waals surface area contributed by atoms with E-state index in [1.165, 1.54) is 6.07 Å². The Hall–Kier alpha value is -2.86. The van der Waals surface area contributed by atoms with Gasteiger partial charge in [-0.05, 0) is 58.1 Å². The third kappa shape index (κ3) is 4.05. The summed E-state index contributed by atoms with van der Waals surface area (Å²) in [5, 5.41) is 0. The molecule has 6 heteroatoms. The van der Waals surface area contributed by atoms with Crippen LogP contribution in [-0.4, -0.2) is 13.2 Å². The lowest BCUT2D eigenvalue weighted by atomic mass is 9.91. The molecule has 4 nitrogen and oxygen atoms in total. The van der Waals surface area contributed by atoms with Gasteiger partial charge in [-0.2, -0.15) is 0 Å². The summed E-state index contributed by atoms with van der Waals surface area (Å²) in [6.45, 7) is 0.159. The zero-order valence-corrected chi connectivity index (χ0v) is 18.1. The standard InChI is InChI=1S/C24H21BrFNO3/c1-29-23-10-6-5-9-18(23)21-12-11-17-13-20(26)19(25)14-22(17)27(21)24(28)30-15-16-7-3-2-4-8-16/h2-10,13-14,21H,11-12,15H2,1H3. The zero-order chi connectivity index (χ0) is 21.1. The number of carbonyl (C=O) groups is 1. The van der Waals surface area contributed by atoms with Crippen LogP contribution in [0.3, 0.4) is 0 Å². The summed E-state index contributed by atoms with van der Waals surface area (Å²) in [4.78, 5) is 14.9. The third-order valence-corrected chi connectivity index (χ3v) is 5.89. The molecule has 1 heterocycles. The predicted octanol–water partition coefficient (Wildman–Crippen LogP) is 6.43. The topological polar surface area (TPSA) is 38.8 Å². The zero-order valence-electron chi connectivity index (χ0n) is 16.5. The van der Waals surface area contributed by atoms with Crippen molar-refractivity contribution in [3.63, 3.8) is 0 Å². The first-order valence-corrected chi connectivity index (χ1v) is 10.5.